The largest absolute Gasteiger partial charge is 0.351 e. The average Bonchev–Trinajstić information content (AvgIpc) is 2.99. The molecule has 1 aliphatic heterocycles. The molecule has 0 unspecified atom stereocenters. The van der Waals surface area contributed by atoms with Gasteiger partial charge in [0.05, 0.1) is 6.54 Å². The van der Waals surface area contributed by atoms with Crippen LogP contribution < -0.4 is 5.32 Å². The molecule has 3 nitrogen and oxygen atoms in total. The number of aryl methyl sites for hydroxylation is 1. The van der Waals surface area contributed by atoms with E-state index >= 15 is 0 Å². The number of benzene rings is 1. The maximum Gasteiger partial charge on any atom is 0.234 e. The van der Waals surface area contributed by atoms with Crippen LogP contribution in [-0.2, 0) is 17.8 Å². The molecule has 2 aromatic rings. The van der Waals surface area contributed by atoms with Gasteiger partial charge in [-0.3, -0.25) is 9.69 Å². The van der Waals surface area contributed by atoms with E-state index in [-0.39, 0.29) is 5.91 Å². The summed E-state index contributed by atoms with van der Waals surface area (Å²) in [5.74, 6) is 0.105. The van der Waals surface area contributed by atoms with Crippen molar-refractivity contribution in [3.05, 3.63) is 57.3 Å². The predicted molar refractivity (Wildman–Crippen MR) is 91.0 cm³/mol. The third-order valence-electron chi connectivity index (χ3n) is 4.49. The molecule has 0 aliphatic carbocycles. The SMILES string of the molecule is Cc1ccccc1CNC(=O)CN1CCc2sccc2[C@@H]1C. The highest BCUT2D eigenvalue weighted by molar-refractivity contribution is 7.10. The number of thiophene rings is 1. The Hall–Kier alpha value is -1.65. The molecule has 0 spiro atoms. The summed E-state index contributed by atoms with van der Waals surface area (Å²) in [7, 11) is 0. The Bertz CT molecular complexity index is 665. The first-order valence-electron chi connectivity index (χ1n) is 7.76. The van der Waals surface area contributed by atoms with Crippen LogP contribution in [0.5, 0.6) is 0 Å². The highest BCUT2D eigenvalue weighted by Gasteiger charge is 2.25. The molecular weight excluding hydrogens is 292 g/mol. The zero-order chi connectivity index (χ0) is 15.5. The molecule has 1 aromatic heterocycles. The first-order chi connectivity index (χ1) is 10.6. The van der Waals surface area contributed by atoms with E-state index in [9.17, 15) is 4.79 Å². The van der Waals surface area contributed by atoms with Crippen LogP contribution in [0.3, 0.4) is 0 Å². The van der Waals surface area contributed by atoms with Crippen molar-refractivity contribution in [2.75, 3.05) is 13.1 Å². The van der Waals surface area contributed by atoms with Crippen molar-refractivity contribution in [1.82, 2.24) is 10.2 Å². The molecule has 3 rings (SSSR count). The van der Waals surface area contributed by atoms with Crippen molar-refractivity contribution >= 4 is 17.2 Å². The van der Waals surface area contributed by atoms with Gasteiger partial charge in [-0.1, -0.05) is 24.3 Å². The maximum atomic E-state index is 12.2. The molecule has 1 aromatic carbocycles. The minimum Gasteiger partial charge on any atom is -0.351 e. The number of carbonyl (C=O) groups excluding carboxylic acids is 1. The van der Waals surface area contributed by atoms with Gasteiger partial charge in [0.1, 0.15) is 0 Å². The molecule has 1 amide bonds. The number of amides is 1. The fraction of sp³-hybridized carbons (Fsp3) is 0.389. The highest BCUT2D eigenvalue weighted by Crippen LogP contribution is 2.32. The molecule has 22 heavy (non-hydrogen) atoms. The summed E-state index contributed by atoms with van der Waals surface area (Å²) in [6.07, 6.45) is 1.06. The summed E-state index contributed by atoms with van der Waals surface area (Å²) in [6, 6.07) is 10.7. The second-order valence-electron chi connectivity index (χ2n) is 5.90. The van der Waals surface area contributed by atoms with Crippen LogP contribution in [0, 0.1) is 6.92 Å². The number of hydrogen-bond donors (Lipinski definition) is 1. The lowest BCUT2D eigenvalue weighted by molar-refractivity contribution is -0.123. The molecule has 0 radical (unpaired) electrons. The lowest BCUT2D eigenvalue weighted by Gasteiger charge is -2.32. The molecule has 0 fully saturated rings. The van der Waals surface area contributed by atoms with E-state index in [1.54, 1.807) is 0 Å². The fourth-order valence-electron chi connectivity index (χ4n) is 3.02. The average molecular weight is 314 g/mol. The molecule has 0 bridgehead atoms. The Kier molecular flexibility index (Phi) is 4.60. The van der Waals surface area contributed by atoms with Crippen LogP contribution in [0.15, 0.2) is 35.7 Å². The van der Waals surface area contributed by atoms with Gasteiger partial charge in [-0.2, -0.15) is 0 Å². The van der Waals surface area contributed by atoms with Gasteiger partial charge in [-0.05, 0) is 48.4 Å². The smallest absolute Gasteiger partial charge is 0.234 e. The number of nitrogens with one attached hydrogen (secondary N) is 1. The third kappa shape index (κ3) is 3.23. The molecule has 1 aliphatic rings. The lowest BCUT2D eigenvalue weighted by atomic mass is 10.0. The van der Waals surface area contributed by atoms with Crippen molar-refractivity contribution in [2.24, 2.45) is 0 Å². The van der Waals surface area contributed by atoms with Crippen LogP contribution in [0.25, 0.3) is 0 Å². The summed E-state index contributed by atoms with van der Waals surface area (Å²) in [5.41, 5.74) is 3.79. The normalized spacial score (nSPS) is 18.0. The fourth-order valence-corrected chi connectivity index (χ4v) is 3.98. The van der Waals surface area contributed by atoms with Crippen molar-refractivity contribution in [2.45, 2.75) is 32.9 Å². The van der Waals surface area contributed by atoms with E-state index in [1.807, 2.05) is 23.5 Å². The van der Waals surface area contributed by atoms with Gasteiger partial charge < -0.3 is 5.32 Å². The van der Waals surface area contributed by atoms with E-state index < -0.39 is 0 Å². The van der Waals surface area contributed by atoms with Crippen molar-refractivity contribution < 1.29 is 4.79 Å². The highest BCUT2D eigenvalue weighted by atomic mass is 32.1. The lowest BCUT2D eigenvalue weighted by Crippen LogP contribution is -2.41. The monoisotopic (exact) mass is 314 g/mol. The predicted octanol–water partition coefficient (Wildman–Crippen LogP) is 3.29. The van der Waals surface area contributed by atoms with Gasteiger partial charge >= 0.3 is 0 Å². The quantitative estimate of drug-likeness (QED) is 0.939. The number of rotatable bonds is 4. The van der Waals surface area contributed by atoms with Gasteiger partial charge in [-0.25, -0.2) is 0 Å². The standard InChI is InChI=1S/C18H22N2OS/c1-13-5-3-4-6-15(13)11-19-18(21)12-20-9-7-17-16(14(20)2)8-10-22-17/h3-6,8,10,14H,7,9,11-12H2,1-2H3,(H,19,21)/t14-/m0/s1. The number of fused-ring (bicyclic) bond motifs is 1. The van der Waals surface area contributed by atoms with Gasteiger partial charge in [0, 0.05) is 24.0 Å². The third-order valence-corrected chi connectivity index (χ3v) is 5.48. The summed E-state index contributed by atoms with van der Waals surface area (Å²) < 4.78 is 0. The molecule has 0 saturated heterocycles. The van der Waals surface area contributed by atoms with Crippen LogP contribution >= 0.6 is 11.3 Å². The Morgan fingerprint density at radius 1 is 1.36 bits per heavy atom. The van der Waals surface area contributed by atoms with Gasteiger partial charge in [-0.15, -0.1) is 11.3 Å². The van der Waals surface area contributed by atoms with E-state index in [4.69, 9.17) is 0 Å². The number of hydrogen-bond acceptors (Lipinski definition) is 3. The molecular formula is C18H22N2OS. The maximum absolute atomic E-state index is 12.2. The summed E-state index contributed by atoms with van der Waals surface area (Å²) in [4.78, 5) is 16.0. The Morgan fingerprint density at radius 3 is 3.00 bits per heavy atom. The van der Waals surface area contributed by atoms with E-state index in [0.717, 1.165) is 13.0 Å². The number of nitrogens with zero attached hydrogens (tertiary/aromatic N) is 1. The Labute approximate surface area is 136 Å². The summed E-state index contributed by atoms with van der Waals surface area (Å²) in [5, 5.41) is 5.20. The van der Waals surface area contributed by atoms with Gasteiger partial charge in [0.15, 0.2) is 0 Å². The zero-order valence-corrected chi connectivity index (χ0v) is 14.0. The molecule has 4 heteroatoms. The van der Waals surface area contributed by atoms with Crippen LogP contribution in [0.1, 0.15) is 34.5 Å². The van der Waals surface area contributed by atoms with Crippen LogP contribution in [-0.4, -0.2) is 23.9 Å². The topological polar surface area (TPSA) is 32.3 Å². The van der Waals surface area contributed by atoms with Crippen molar-refractivity contribution in [3.63, 3.8) is 0 Å². The zero-order valence-electron chi connectivity index (χ0n) is 13.1. The minimum atomic E-state index is 0.105. The van der Waals surface area contributed by atoms with Crippen molar-refractivity contribution in [1.29, 1.82) is 0 Å². The summed E-state index contributed by atoms with van der Waals surface area (Å²) in [6.45, 7) is 6.32. The molecule has 2 heterocycles. The first-order valence-corrected chi connectivity index (χ1v) is 8.64. The van der Waals surface area contributed by atoms with Crippen LogP contribution in [0.4, 0.5) is 0 Å². The van der Waals surface area contributed by atoms with E-state index in [0.29, 0.717) is 19.1 Å². The van der Waals surface area contributed by atoms with Gasteiger partial charge in [0.2, 0.25) is 5.91 Å². The Morgan fingerprint density at radius 2 is 2.18 bits per heavy atom. The second-order valence-corrected chi connectivity index (χ2v) is 6.90. The minimum absolute atomic E-state index is 0.105. The Balaban J connectivity index is 1.55. The van der Waals surface area contributed by atoms with E-state index in [1.165, 1.54) is 21.6 Å². The molecule has 0 saturated carbocycles. The van der Waals surface area contributed by atoms with Gasteiger partial charge in [0.25, 0.3) is 0 Å². The number of carbonyl (C=O) groups is 1. The first kappa shape index (κ1) is 15.3. The summed E-state index contributed by atoms with van der Waals surface area (Å²) >= 11 is 1.83. The molecule has 1 N–H and O–H groups in total. The van der Waals surface area contributed by atoms with E-state index in [2.05, 4.69) is 47.6 Å². The molecule has 116 valence electrons. The molecule has 1 atom stereocenters. The van der Waals surface area contributed by atoms with Crippen LogP contribution in [0.2, 0.25) is 0 Å². The second kappa shape index (κ2) is 6.63. The van der Waals surface area contributed by atoms with Crippen molar-refractivity contribution in [3.8, 4) is 0 Å².